The van der Waals surface area contributed by atoms with Gasteiger partial charge in [-0.05, 0) is 38.5 Å². The minimum atomic E-state index is -0.486. The van der Waals surface area contributed by atoms with E-state index in [1.165, 1.54) is 0 Å². The lowest BCUT2D eigenvalue weighted by Gasteiger charge is -2.27. The molecule has 1 aromatic heterocycles. The van der Waals surface area contributed by atoms with E-state index >= 15 is 0 Å². The molecule has 2 aromatic rings. The summed E-state index contributed by atoms with van der Waals surface area (Å²) in [5.74, 6) is 0.0511. The lowest BCUT2D eigenvalue weighted by atomic mass is 9.99. The van der Waals surface area contributed by atoms with Gasteiger partial charge in [-0.25, -0.2) is 4.98 Å². The molecule has 0 aliphatic heterocycles. The number of anilines is 1. The predicted octanol–water partition coefficient (Wildman–Crippen LogP) is 1.54. The van der Waals surface area contributed by atoms with Crippen molar-refractivity contribution in [3.05, 3.63) is 23.8 Å². The number of carbonyl (C=O) groups is 1. The molecule has 0 spiro atoms. The summed E-state index contributed by atoms with van der Waals surface area (Å²) in [6.07, 6.45) is 0.219. The first-order valence-electron chi connectivity index (χ1n) is 5.84. The third kappa shape index (κ3) is 2.03. The number of fused-ring (bicyclic) bond motifs is 1. The van der Waals surface area contributed by atoms with E-state index in [-0.39, 0.29) is 12.3 Å². The van der Waals surface area contributed by atoms with Gasteiger partial charge in [0.25, 0.3) is 0 Å². The van der Waals surface area contributed by atoms with E-state index in [9.17, 15) is 4.79 Å². The number of rotatable bonds is 3. The van der Waals surface area contributed by atoms with Gasteiger partial charge in [0.05, 0.1) is 16.6 Å². The van der Waals surface area contributed by atoms with Crippen LogP contribution in [-0.2, 0) is 10.3 Å². The van der Waals surface area contributed by atoms with Crippen LogP contribution in [0.4, 0.5) is 5.95 Å². The molecule has 5 nitrogen and oxygen atoms in total. The fourth-order valence-corrected chi connectivity index (χ4v) is 2.35. The number of nitrogens with zero attached hydrogens (tertiary/aromatic N) is 2. The Labute approximate surface area is 106 Å². The first kappa shape index (κ1) is 12.4. The zero-order chi connectivity index (χ0) is 13.5. The van der Waals surface area contributed by atoms with Crippen LogP contribution in [0.3, 0.4) is 0 Å². The van der Waals surface area contributed by atoms with Gasteiger partial charge in [-0.15, -0.1) is 0 Å². The molecule has 0 radical (unpaired) electrons. The maximum absolute atomic E-state index is 11.2. The molecular formula is C13H18N4O. The number of aryl methyl sites for hydroxylation is 1. The van der Waals surface area contributed by atoms with Crippen LogP contribution in [0, 0.1) is 6.92 Å². The number of benzene rings is 1. The number of nitrogens with two attached hydrogens (primary N) is 2. The monoisotopic (exact) mass is 246 g/mol. The Kier molecular flexibility index (Phi) is 2.77. The molecule has 5 heteroatoms. The minimum absolute atomic E-state index is 0.219. The Bertz CT molecular complexity index is 613. The zero-order valence-corrected chi connectivity index (χ0v) is 10.9. The Hall–Kier alpha value is -2.04. The van der Waals surface area contributed by atoms with Crippen LogP contribution in [0.5, 0.6) is 0 Å². The van der Waals surface area contributed by atoms with E-state index in [4.69, 9.17) is 11.5 Å². The normalized spacial score (nSPS) is 11.9. The molecule has 0 saturated heterocycles. The summed E-state index contributed by atoms with van der Waals surface area (Å²) in [7, 11) is 0. The largest absolute Gasteiger partial charge is 0.370 e. The first-order valence-corrected chi connectivity index (χ1v) is 5.84. The minimum Gasteiger partial charge on any atom is -0.370 e. The van der Waals surface area contributed by atoms with Crippen LogP contribution in [0.25, 0.3) is 11.0 Å². The molecule has 0 atom stereocenters. The average molecular weight is 246 g/mol. The molecule has 0 aliphatic carbocycles. The van der Waals surface area contributed by atoms with Crippen LogP contribution in [0.15, 0.2) is 18.2 Å². The molecule has 2 rings (SSSR count). The van der Waals surface area contributed by atoms with Crippen molar-refractivity contribution in [1.82, 2.24) is 9.55 Å². The van der Waals surface area contributed by atoms with Gasteiger partial charge in [-0.1, -0.05) is 6.07 Å². The second-order valence-corrected chi connectivity index (χ2v) is 5.25. The highest BCUT2D eigenvalue weighted by molar-refractivity contribution is 5.80. The van der Waals surface area contributed by atoms with Crippen molar-refractivity contribution < 1.29 is 4.79 Å². The van der Waals surface area contributed by atoms with Gasteiger partial charge in [0.15, 0.2) is 0 Å². The number of primary amides is 1. The third-order valence-corrected chi connectivity index (χ3v) is 3.05. The molecule has 0 fully saturated rings. The second-order valence-electron chi connectivity index (χ2n) is 5.25. The summed E-state index contributed by atoms with van der Waals surface area (Å²) >= 11 is 0. The van der Waals surface area contributed by atoms with Crippen molar-refractivity contribution in [2.45, 2.75) is 32.7 Å². The number of carbonyl (C=O) groups excluding carboxylic acids is 1. The van der Waals surface area contributed by atoms with Gasteiger partial charge in [0, 0.05) is 6.42 Å². The average Bonchev–Trinajstić information content (AvgIpc) is 2.51. The van der Waals surface area contributed by atoms with Crippen molar-refractivity contribution in [1.29, 1.82) is 0 Å². The van der Waals surface area contributed by atoms with E-state index in [1.54, 1.807) is 0 Å². The molecule has 1 heterocycles. The maximum atomic E-state index is 11.2. The van der Waals surface area contributed by atoms with Crippen molar-refractivity contribution >= 4 is 22.9 Å². The van der Waals surface area contributed by atoms with Crippen molar-refractivity contribution in [2.24, 2.45) is 5.73 Å². The topological polar surface area (TPSA) is 86.9 Å². The Balaban J connectivity index is 2.63. The van der Waals surface area contributed by atoms with Gasteiger partial charge in [-0.3, -0.25) is 4.79 Å². The quantitative estimate of drug-likeness (QED) is 0.861. The van der Waals surface area contributed by atoms with Crippen LogP contribution >= 0.6 is 0 Å². The van der Waals surface area contributed by atoms with Crippen molar-refractivity contribution in [3.8, 4) is 0 Å². The highest BCUT2D eigenvalue weighted by atomic mass is 16.1. The predicted molar refractivity (Wildman–Crippen MR) is 72.0 cm³/mol. The lowest BCUT2D eigenvalue weighted by Crippen LogP contribution is -2.33. The van der Waals surface area contributed by atoms with Crippen molar-refractivity contribution in [3.63, 3.8) is 0 Å². The Morgan fingerprint density at radius 1 is 1.44 bits per heavy atom. The molecule has 4 N–H and O–H groups in total. The summed E-state index contributed by atoms with van der Waals surface area (Å²) in [6, 6.07) is 5.94. The number of imidazole rings is 1. The molecule has 1 amide bonds. The number of aromatic nitrogens is 2. The first-order chi connectivity index (χ1) is 8.31. The molecule has 96 valence electrons. The van der Waals surface area contributed by atoms with Crippen LogP contribution in [0.2, 0.25) is 0 Å². The van der Waals surface area contributed by atoms with Crippen LogP contribution in [-0.4, -0.2) is 15.5 Å². The number of nitrogen functional groups attached to an aromatic ring is 1. The van der Waals surface area contributed by atoms with Gasteiger partial charge < -0.3 is 16.0 Å². The van der Waals surface area contributed by atoms with E-state index in [1.807, 2.05) is 43.5 Å². The molecule has 1 aromatic carbocycles. The molecular weight excluding hydrogens is 228 g/mol. The fourth-order valence-electron chi connectivity index (χ4n) is 2.35. The lowest BCUT2D eigenvalue weighted by molar-refractivity contribution is -0.119. The highest BCUT2D eigenvalue weighted by Gasteiger charge is 2.27. The summed E-state index contributed by atoms with van der Waals surface area (Å²) in [5, 5.41) is 0. The number of hydrogen-bond acceptors (Lipinski definition) is 3. The van der Waals surface area contributed by atoms with E-state index in [0.29, 0.717) is 5.95 Å². The van der Waals surface area contributed by atoms with E-state index in [0.717, 1.165) is 16.6 Å². The zero-order valence-electron chi connectivity index (χ0n) is 10.9. The van der Waals surface area contributed by atoms with Crippen LogP contribution in [0.1, 0.15) is 25.8 Å². The van der Waals surface area contributed by atoms with Gasteiger partial charge >= 0.3 is 0 Å². The summed E-state index contributed by atoms with van der Waals surface area (Å²) in [5.41, 5.74) is 13.7. The standard InChI is InChI=1S/C13H18N4O/c1-8-4-5-10-9(6-8)16-12(15)17(10)13(2,3)7-11(14)18/h4-6H,7H2,1-3H3,(H2,14,18)(H2,15,16). The molecule has 0 saturated carbocycles. The third-order valence-electron chi connectivity index (χ3n) is 3.05. The Morgan fingerprint density at radius 3 is 2.72 bits per heavy atom. The molecule has 0 unspecified atom stereocenters. The number of amides is 1. The molecule has 0 bridgehead atoms. The Morgan fingerprint density at radius 2 is 2.11 bits per heavy atom. The van der Waals surface area contributed by atoms with E-state index in [2.05, 4.69) is 4.98 Å². The second kappa shape index (κ2) is 4.01. The van der Waals surface area contributed by atoms with Gasteiger partial charge in [-0.2, -0.15) is 0 Å². The summed E-state index contributed by atoms with van der Waals surface area (Å²) in [4.78, 5) is 15.5. The van der Waals surface area contributed by atoms with Gasteiger partial charge in [0.2, 0.25) is 11.9 Å². The van der Waals surface area contributed by atoms with E-state index < -0.39 is 5.54 Å². The fraction of sp³-hybridized carbons (Fsp3) is 0.385. The number of hydrogen-bond donors (Lipinski definition) is 2. The maximum Gasteiger partial charge on any atom is 0.219 e. The SMILES string of the molecule is Cc1ccc2c(c1)nc(N)n2C(C)(C)CC(N)=O. The van der Waals surface area contributed by atoms with Crippen molar-refractivity contribution in [2.75, 3.05) is 5.73 Å². The summed E-state index contributed by atoms with van der Waals surface area (Å²) in [6.45, 7) is 5.85. The molecule has 0 aliphatic rings. The highest BCUT2D eigenvalue weighted by Crippen LogP contribution is 2.29. The van der Waals surface area contributed by atoms with Crippen LogP contribution < -0.4 is 11.5 Å². The van der Waals surface area contributed by atoms with Gasteiger partial charge in [0.1, 0.15) is 0 Å². The summed E-state index contributed by atoms with van der Waals surface area (Å²) < 4.78 is 1.87. The molecule has 18 heavy (non-hydrogen) atoms. The smallest absolute Gasteiger partial charge is 0.219 e.